The summed E-state index contributed by atoms with van der Waals surface area (Å²) >= 11 is 10.7. The summed E-state index contributed by atoms with van der Waals surface area (Å²) in [4.78, 5) is 131. The fraction of sp³-hybridized carbons (Fsp3) is 0.339. The van der Waals surface area contributed by atoms with Gasteiger partial charge in [-0.3, -0.25) is 38.4 Å². The number of hydrogen-bond donors (Lipinski definition) is 6. The van der Waals surface area contributed by atoms with Crippen LogP contribution in [0, 0.1) is 35.5 Å². The van der Waals surface area contributed by atoms with Gasteiger partial charge >= 0.3 is 47.6 Å². The van der Waals surface area contributed by atoms with Crippen LogP contribution in [0.15, 0.2) is 127 Å². The van der Waals surface area contributed by atoms with Crippen LogP contribution in [0.3, 0.4) is 0 Å². The zero-order valence-electron chi connectivity index (χ0n) is 48.6. The van der Waals surface area contributed by atoms with Crippen LogP contribution in [-0.2, 0) is 75.4 Å². The minimum Gasteiger partial charge on any atom is -0.870 e. The zero-order chi connectivity index (χ0) is 62.1. The van der Waals surface area contributed by atoms with Crippen LogP contribution in [0.5, 0.6) is 0 Å². The Balaban J connectivity index is 0.000000619. The third kappa shape index (κ3) is 28.2. The monoisotopic (exact) mass is 1260 g/mol. The molecule has 26 heteroatoms. The average Bonchev–Trinajstić information content (AvgIpc) is 3.60. The Kier molecular flexibility index (Phi) is 37.9. The van der Waals surface area contributed by atoms with Gasteiger partial charge in [0.25, 0.3) is 12.9 Å². The average molecular weight is 1260 g/mol. The van der Waals surface area contributed by atoms with E-state index in [0.717, 1.165) is 74.6 Å². The van der Waals surface area contributed by atoms with E-state index >= 15 is 0 Å². The summed E-state index contributed by atoms with van der Waals surface area (Å²) in [6, 6.07) is 36.1. The van der Waals surface area contributed by atoms with Crippen molar-refractivity contribution in [2.75, 3.05) is 34.1 Å². The number of carbonyl (C=O) groups excluding carboxylic acids is 11. The van der Waals surface area contributed by atoms with E-state index in [1.165, 1.54) is 19.2 Å². The van der Waals surface area contributed by atoms with Gasteiger partial charge in [0.2, 0.25) is 34.1 Å². The number of nitrogens with two attached hydrogens (primary N) is 1. The fourth-order valence-corrected chi connectivity index (χ4v) is 9.89. The standard InChI is InChI=1S/C24H26N2O6.C21H22N2O4.C8H10Cl2O2.C8H9NO2.CO2.B.Na.H2O/c1-31-24(30)17-7-11-21(12-8-17)26-23(29)19-4-2-3-18(13-19)22(28)25-20-9-5-16(6-10-20)14-32-15-27;24-19(22-17-7-2-1-3-8-17)15-5-4-6-16(13-15)20(25)23-18-11-9-14(10-12-18)21(26)27;9-7(11)5-2-1-3-6(4-5)8(10)12;9-8-3-1-7(2-4-8)5-11-6-10;2-1-3;;;/h5-12,15,18-19H,2-4,13-14H2,1H3,(H,25,28)(H,26,29);1-3,7-12,15-16H,4-6,13H2,(H,22,24)(H,23,25)(H,26,27);5-6H,1-4H2;1-4,6H,5,9H2;;;;1H2/q;;;;;;+1;/p-1/t18-,19+;15-,16+;;;;;;/m11....../s1. The Bertz CT molecular complexity index is 3030. The molecular formula is C62H68BCl2N5NaO17. The number of halogens is 2. The third-order valence-corrected chi connectivity index (χ3v) is 14.6. The summed E-state index contributed by atoms with van der Waals surface area (Å²) in [7, 11) is 1.31. The number of methoxy groups -OCH3 is 1. The van der Waals surface area contributed by atoms with Crippen LogP contribution in [0.2, 0.25) is 0 Å². The summed E-state index contributed by atoms with van der Waals surface area (Å²) in [6.45, 7) is 1.31. The molecule has 0 spiro atoms. The molecule has 0 heterocycles. The van der Waals surface area contributed by atoms with E-state index in [0.29, 0.717) is 67.1 Å². The Morgan fingerprint density at radius 2 is 0.807 bits per heavy atom. The molecule has 0 bridgehead atoms. The molecule has 0 aromatic heterocycles. The first-order valence-corrected chi connectivity index (χ1v) is 27.9. The van der Waals surface area contributed by atoms with Gasteiger partial charge in [-0.1, -0.05) is 61.7 Å². The summed E-state index contributed by atoms with van der Waals surface area (Å²) in [5, 5.41) is 19.8. The molecule has 0 saturated heterocycles. The largest absolute Gasteiger partial charge is 1.00 e. The molecule has 8 rings (SSSR count). The van der Waals surface area contributed by atoms with Crippen molar-refractivity contribution in [3.63, 3.8) is 0 Å². The van der Waals surface area contributed by atoms with Gasteiger partial charge in [0.05, 0.1) is 18.2 Å². The topological polar surface area (TPSA) is 357 Å². The number of para-hydroxylation sites is 1. The van der Waals surface area contributed by atoms with E-state index < -0.39 is 11.9 Å². The summed E-state index contributed by atoms with van der Waals surface area (Å²) in [5.74, 6) is -3.12. The van der Waals surface area contributed by atoms with Crippen molar-refractivity contribution in [2.24, 2.45) is 35.5 Å². The molecule has 3 fully saturated rings. The van der Waals surface area contributed by atoms with Gasteiger partial charge in [0.15, 0.2) is 0 Å². The van der Waals surface area contributed by atoms with Crippen LogP contribution < -0.4 is 56.6 Å². The number of esters is 1. The van der Waals surface area contributed by atoms with E-state index in [1.807, 2.05) is 42.5 Å². The number of aromatic carboxylic acids is 1. The summed E-state index contributed by atoms with van der Waals surface area (Å²) in [6.07, 6.45) is 8.81. The molecule has 3 aliphatic carbocycles. The maximum absolute atomic E-state index is 12.7. The number of ether oxygens (including phenoxy) is 3. The van der Waals surface area contributed by atoms with Gasteiger partial charge in [-0.05, 0) is 177 Å². The molecule has 88 heavy (non-hydrogen) atoms. The minimum absolute atomic E-state index is 0. The fourth-order valence-electron chi connectivity index (χ4n) is 9.50. The second kappa shape index (κ2) is 42.8. The number of anilines is 5. The van der Waals surface area contributed by atoms with Gasteiger partial charge in [0, 0.05) is 72.4 Å². The Hall–Kier alpha value is -8.02. The number of carboxylic acid groups (broad SMARTS) is 1. The molecule has 3 aliphatic rings. The van der Waals surface area contributed by atoms with Gasteiger partial charge in [-0.25, -0.2) is 9.59 Å². The number of benzene rings is 5. The van der Waals surface area contributed by atoms with E-state index in [1.54, 1.807) is 72.8 Å². The van der Waals surface area contributed by atoms with Crippen LogP contribution >= 0.6 is 23.2 Å². The first-order chi connectivity index (χ1) is 40.9. The van der Waals surface area contributed by atoms with Crippen molar-refractivity contribution in [1.29, 1.82) is 0 Å². The van der Waals surface area contributed by atoms with E-state index in [4.69, 9.17) is 48.4 Å². The summed E-state index contributed by atoms with van der Waals surface area (Å²) in [5.41, 5.74) is 11.0. The molecule has 461 valence electrons. The molecule has 3 saturated carbocycles. The second-order valence-electron chi connectivity index (χ2n) is 19.9. The quantitative estimate of drug-likeness (QED) is 0.0137. The first kappa shape index (κ1) is 78.0. The molecule has 4 amide bonds. The number of rotatable bonds is 18. The first-order valence-electron chi connectivity index (χ1n) is 27.1. The van der Waals surface area contributed by atoms with Crippen molar-refractivity contribution in [2.45, 2.75) is 90.3 Å². The Morgan fingerprint density at radius 1 is 0.511 bits per heavy atom. The number of hydrogen-bond acceptors (Lipinski definition) is 17. The van der Waals surface area contributed by atoms with Gasteiger partial charge < -0.3 is 51.8 Å². The summed E-state index contributed by atoms with van der Waals surface area (Å²) < 4.78 is 13.9. The SMILES string of the molecule is COC(=O)c1ccc(NC(=O)[C@H]2CCC[C@@H](C(=O)Nc3ccc(COC=O)cc3)C2)cc1.Nc1ccc(COC=O)cc1.O=C(Cl)C1CCCC(C(=O)Cl)C1.O=C(O)c1ccc(NC(=O)[C@H]2CCC[C@@H](C(=O)Nc3ccccc3)C2)cc1.O=C=O.[B].[Na+].[OH-]. The zero-order valence-corrected chi connectivity index (χ0v) is 52.1. The van der Waals surface area contributed by atoms with Crippen molar-refractivity contribution < 1.29 is 112 Å². The van der Waals surface area contributed by atoms with Crippen LogP contribution in [-0.4, -0.2) is 91.3 Å². The van der Waals surface area contributed by atoms with Crippen molar-refractivity contribution in [3.05, 3.63) is 150 Å². The van der Waals surface area contributed by atoms with Crippen LogP contribution in [0.25, 0.3) is 0 Å². The van der Waals surface area contributed by atoms with Gasteiger partial charge in [-0.2, -0.15) is 9.59 Å². The smallest absolute Gasteiger partial charge is 0.870 e. The van der Waals surface area contributed by atoms with Gasteiger partial charge in [-0.15, -0.1) is 0 Å². The predicted octanol–water partition coefficient (Wildman–Crippen LogP) is 6.43. The number of carboxylic acids is 1. The molecule has 5 aromatic rings. The molecule has 22 nitrogen and oxygen atoms in total. The maximum atomic E-state index is 12.7. The Morgan fingerprint density at radius 3 is 1.12 bits per heavy atom. The van der Waals surface area contributed by atoms with Gasteiger partial charge in [0.1, 0.15) is 13.2 Å². The molecule has 2 unspecified atom stereocenters. The third-order valence-electron chi connectivity index (χ3n) is 14.0. The van der Waals surface area contributed by atoms with Crippen molar-refractivity contribution >= 4 is 125 Å². The van der Waals surface area contributed by atoms with Crippen LogP contribution in [0.1, 0.15) is 109 Å². The molecule has 0 aliphatic heterocycles. The van der Waals surface area contributed by atoms with Crippen molar-refractivity contribution in [1.82, 2.24) is 0 Å². The minimum atomic E-state index is -1.01. The van der Waals surface area contributed by atoms with E-state index in [9.17, 15) is 47.9 Å². The molecule has 3 radical (unpaired) electrons. The normalized spacial score (nSPS) is 17.6. The Labute approximate surface area is 543 Å². The van der Waals surface area contributed by atoms with E-state index in [2.05, 4.69) is 30.7 Å². The number of amides is 4. The maximum Gasteiger partial charge on any atom is 1.00 e. The predicted molar refractivity (Wildman–Crippen MR) is 322 cm³/mol. The van der Waals surface area contributed by atoms with Crippen LogP contribution in [0.4, 0.5) is 28.4 Å². The molecule has 8 N–H and O–H groups in total. The van der Waals surface area contributed by atoms with Crippen molar-refractivity contribution in [3.8, 4) is 0 Å². The molecule has 6 atom stereocenters. The second-order valence-corrected chi connectivity index (χ2v) is 20.6. The number of carbonyl (C=O) groups is 10. The van der Waals surface area contributed by atoms with E-state index in [-0.39, 0.29) is 131 Å². The molecular weight excluding hydrogens is 1190 g/mol. The number of nitrogens with one attached hydrogen (secondary N) is 4. The molecule has 5 aromatic carbocycles. The number of nitrogen functional groups attached to an aromatic ring is 1.